The van der Waals surface area contributed by atoms with Crippen LogP contribution in [0.15, 0.2) is 36.4 Å². The van der Waals surface area contributed by atoms with Crippen LogP contribution in [0, 0.1) is 0 Å². The SMILES string of the molecule is COc1cccc(OC)c1OC1CCN(Cc2cccc3c2NCC3)CC1.Cl. The van der Waals surface area contributed by atoms with E-state index in [9.17, 15) is 0 Å². The number of nitrogens with zero attached hydrogens (tertiary/aromatic N) is 1. The van der Waals surface area contributed by atoms with Gasteiger partial charge in [0.2, 0.25) is 5.75 Å². The lowest BCUT2D eigenvalue weighted by Crippen LogP contribution is -2.38. The number of fused-ring (bicyclic) bond motifs is 1. The fourth-order valence-corrected chi connectivity index (χ4v) is 4.07. The molecule has 0 amide bonds. The molecule has 1 N–H and O–H groups in total. The minimum Gasteiger partial charge on any atom is -0.493 e. The molecule has 1 fully saturated rings. The van der Waals surface area contributed by atoms with Crippen LogP contribution in [0.4, 0.5) is 5.69 Å². The van der Waals surface area contributed by atoms with Crippen LogP contribution < -0.4 is 19.5 Å². The zero-order valence-corrected chi connectivity index (χ0v) is 17.4. The van der Waals surface area contributed by atoms with Gasteiger partial charge >= 0.3 is 0 Å². The summed E-state index contributed by atoms with van der Waals surface area (Å²) in [7, 11) is 3.33. The normalized spacial score (nSPS) is 16.6. The highest BCUT2D eigenvalue weighted by Gasteiger charge is 2.24. The van der Waals surface area contributed by atoms with Crippen molar-refractivity contribution in [3.63, 3.8) is 0 Å². The van der Waals surface area contributed by atoms with Gasteiger partial charge in [0.25, 0.3) is 0 Å². The highest BCUT2D eigenvalue weighted by Crippen LogP contribution is 2.38. The number of anilines is 1. The van der Waals surface area contributed by atoms with E-state index in [1.807, 2.05) is 18.2 Å². The molecular weight excluding hydrogens is 376 g/mol. The quantitative estimate of drug-likeness (QED) is 0.783. The summed E-state index contributed by atoms with van der Waals surface area (Å²) in [5.74, 6) is 2.16. The molecule has 1 saturated heterocycles. The Morgan fingerprint density at radius 3 is 2.36 bits per heavy atom. The molecule has 2 aromatic carbocycles. The second-order valence-electron chi connectivity index (χ2n) is 7.21. The van der Waals surface area contributed by atoms with Crippen LogP contribution in [0.1, 0.15) is 24.0 Å². The van der Waals surface area contributed by atoms with Crippen LogP contribution in [0.3, 0.4) is 0 Å². The lowest BCUT2D eigenvalue weighted by atomic mass is 10.0. The molecule has 28 heavy (non-hydrogen) atoms. The fraction of sp³-hybridized carbons (Fsp3) is 0.455. The average Bonchev–Trinajstić information content (AvgIpc) is 3.19. The molecule has 152 valence electrons. The molecule has 2 aliphatic heterocycles. The Morgan fingerprint density at radius 2 is 1.68 bits per heavy atom. The van der Waals surface area contributed by atoms with E-state index < -0.39 is 0 Å². The predicted octanol–water partition coefficient (Wildman–Crippen LogP) is 4.14. The van der Waals surface area contributed by atoms with Gasteiger partial charge in [-0.1, -0.05) is 24.3 Å². The molecule has 0 radical (unpaired) electrons. The molecular formula is C22H29ClN2O3. The van der Waals surface area contributed by atoms with Crippen LogP contribution in [0.2, 0.25) is 0 Å². The molecule has 0 atom stereocenters. The van der Waals surface area contributed by atoms with Gasteiger partial charge in [-0.2, -0.15) is 0 Å². The van der Waals surface area contributed by atoms with E-state index in [-0.39, 0.29) is 18.5 Å². The second kappa shape index (κ2) is 9.39. The average molecular weight is 405 g/mol. The molecule has 0 aromatic heterocycles. The van der Waals surface area contributed by atoms with Crippen molar-refractivity contribution in [3.05, 3.63) is 47.5 Å². The topological polar surface area (TPSA) is 43.0 Å². The van der Waals surface area contributed by atoms with Gasteiger partial charge in [-0.15, -0.1) is 12.4 Å². The lowest BCUT2D eigenvalue weighted by molar-refractivity contribution is 0.0918. The van der Waals surface area contributed by atoms with Gasteiger partial charge < -0.3 is 19.5 Å². The Bertz CT molecular complexity index is 769. The summed E-state index contributed by atoms with van der Waals surface area (Å²) in [6.45, 7) is 4.13. The zero-order valence-electron chi connectivity index (χ0n) is 16.6. The van der Waals surface area contributed by atoms with Crippen LogP contribution >= 0.6 is 12.4 Å². The third-order valence-corrected chi connectivity index (χ3v) is 5.53. The molecule has 0 saturated carbocycles. The van der Waals surface area contributed by atoms with Crippen LogP contribution in [-0.2, 0) is 13.0 Å². The van der Waals surface area contributed by atoms with Gasteiger partial charge in [-0.25, -0.2) is 0 Å². The Kier molecular flexibility index (Phi) is 6.92. The van der Waals surface area contributed by atoms with Crippen molar-refractivity contribution >= 4 is 18.1 Å². The van der Waals surface area contributed by atoms with Crippen molar-refractivity contribution in [2.45, 2.75) is 31.9 Å². The minimum absolute atomic E-state index is 0. The summed E-state index contributed by atoms with van der Waals surface area (Å²) in [5.41, 5.74) is 4.22. The van der Waals surface area contributed by atoms with Gasteiger partial charge in [0.15, 0.2) is 11.5 Å². The molecule has 0 aliphatic carbocycles. The Hall–Kier alpha value is -2.11. The molecule has 5 nitrogen and oxygen atoms in total. The number of methoxy groups -OCH3 is 2. The molecule has 6 heteroatoms. The van der Waals surface area contributed by atoms with Crippen molar-refractivity contribution < 1.29 is 14.2 Å². The first-order valence-corrected chi connectivity index (χ1v) is 9.73. The zero-order chi connectivity index (χ0) is 18.6. The van der Waals surface area contributed by atoms with Crippen molar-refractivity contribution in [1.82, 2.24) is 4.90 Å². The highest BCUT2D eigenvalue weighted by molar-refractivity contribution is 5.85. The lowest BCUT2D eigenvalue weighted by Gasteiger charge is -2.33. The summed E-state index contributed by atoms with van der Waals surface area (Å²) in [6, 6.07) is 12.4. The van der Waals surface area contributed by atoms with E-state index >= 15 is 0 Å². The number of ether oxygens (including phenoxy) is 3. The largest absolute Gasteiger partial charge is 0.493 e. The number of likely N-dealkylation sites (tertiary alicyclic amines) is 1. The van der Waals surface area contributed by atoms with E-state index in [2.05, 4.69) is 28.4 Å². The van der Waals surface area contributed by atoms with Crippen LogP contribution in [0.5, 0.6) is 17.2 Å². The maximum atomic E-state index is 6.28. The first kappa shape index (κ1) is 20.6. The monoisotopic (exact) mass is 404 g/mol. The smallest absolute Gasteiger partial charge is 0.203 e. The maximum Gasteiger partial charge on any atom is 0.203 e. The molecule has 2 heterocycles. The van der Waals surface area contributed by atoms with Crippen LogP contribution in [-0.4, -0.2) is 44.9 Å². The number of hydrogen-bond acceptors (Lipinski definition) is 5. The maximum absolute atomic E-state index is 6.28. The number of piperidine rings is 1. The van der Waals surface area contributed by atoms with Crippen molar-refractivity contribution in [3.8, 4) is 17.2 Å². The summed E-state index contributed by atoms with van der Waals surface area (Å²) < 4.78 is 17.2. The number of benzene rings is 2. The number of rotatable bonds is 6. The van der Waals surface area contributed by atoms with E-state index in [0.29, 0.717) is 5.75 Å². The standard InChI is InChI=1S/C22H28N2O3.ClH/c1-25-19-7-4-8-20(26-2)22(19)27-18-10-13-24(14-11-18)15-17-6-3-5-16-9-12-23-21(16)17;/h3-8,18,23H,9-15H2,1-2H3;1H. The molecule has 0 bridgehead atoms. The van der Waals surface area contributed by atoms with Crippen LogP contribution in [0.25, 0.3) is 0 Å². The van der Waals surface area contributed by atoms with Gasteiger partial charge in [-0.05, 0) is 42.5 Å². The summed E-state index contributed by atoms with van der Waals surface area (Å²) in [5, 5.41) is 3.55. The number of para-hydroxylation sites is 2. The van der Waals surface area contributed by atoms with Gasteiger partial charge in [-0.3, -0.25) is 4.90 Å². The van der Waals surface area contributed by atoms with Gasteiger partial charge in [0.05, 0.1) is 14.2 Å². The van der Waals surface area contributed by atoms with Crippen molar-refractivity contribution in [2.75, 3.05) is 39.2 Å². The Labute approximate surface area is 173 Å². The van der Waals surface area contributed by atoms with Gasteiger partial charge in [0.1, 0.15) is 6.10 Å². The molecule has 2 aliphatic rings. The van der Waals surface area contributed by atoms with E-state index in [1.54, 1.807) is 14.2 Å². The minimum atomic E-state index is 0. The highest BCUT2D eigenvalue weighted by atomic mass is 35.5. The Balaban J connectivity index is 0.00000225. The first-order valence-electron chi connectivity index (χ1n) is 9.73. The van der Waals surface area contributed by atoms with Crippen molar-refractivity contribution in [1.29, 1.82) is 0 Å². The number of nitrogens with one attached hydrogen (secondary N) is 1. The molecule has 0 unspecified atom stereocenters. The summed E-state index contributed by atoms with van der Waals surface area (Å²) in [4.78, 5) is 2.52. The van der Waals surface area contributed by atoms with E-state index in [1.165, 1.54) is 16.8 Å². The number of hydrogen-bond donors (Lipinski definition) is 1. The molecule has 0 spiro atoms. The molecule has 2 aromatic rings. The van der Waals surface area contributed by atoms with E-state index in [4.69, 9.17) is 14.2 Å². The fourth-order valence-electron chi connectivity index (χ4n) is 4.07. The third kappa shape index (κ3) is 4.31. The second-order valence-corrected chi connectivity index (χ2v) is 7.21. The Morgan fingerprint density at radius 1 is 1.00 bits per heavy atom. The number of halogens is 1. The van der Waals surface area contributed by atoms with E-state index in [0.717, 1.165) is 56.9 Å². The third-order valence-electron chi connectivity index (χ3n) is 5.53. The summed E-state index contributed by atoms with van der Waals surface area (Å²) in [6.07, 6.45) is 3.33. The first-order chi connectivity index (χ1) is 13.3. The van der Waals surface area contributed by atoms with Gasteiger partial charge in [0, 0.05) is 31.9 Å². The molecule has 4 rings (SSSR count). The van der Waals surface area contributed by atoms with Crippen molar-refractivity contribution in [2.24, 2.45) is 0 Å². The predicted molar refractivity (Wildman–Crippen MR) is 114 cm³/mol. The summed E-state index contributed by atoms with van der Waals surface area (Å²) >= 11 is 0.